The Balaban J connectivity index is 2.48. The van der Waals surface area contributed by atoms with E-state index in [-0.39, 0.29) is 11.1 Å². The zero-order chi connectivity index (χ0) is 12.4. The van der Waals surface area contributed by atoms with Crippen LogP contribution in [-0.4, -0.2) is 5.11 Å². The van der Waals surface area contributed by atoms with Crippen LogP contribution in [0.5, 0.6) is 0 Å². The van der Waals surface area contributed by atoms with Gasteiger partial charge in [-0.3, -0.25) is 0 Å². The number of aliphatic hydroxyl groups is 1. The summed E-state index contributed by atoms with van der Waals surface area (Å²) in [5, 5.41) is 9.83. The molecule has 0 aliphatic rings. The highest BCUT2D eigenvalue weighted by atomic mass is 19.2. The van der Waals surface area contributed by atoms with Crippen LogP contribution >= 0.6 is 0 Å². The molecule has 2 rings (SSSR count). The first kappa shape index (κ1) is 11.7. The topological polar surface area (TPSA) is 20.2 Å². The lowest BCUT2D eigenvalue weighted by Gasteiger charge is -2.13. The van der Waals surface area contributed by atoms with Gasteiger partial charge in [-0.2, -0.15) is 0 Å². The zero-order valence-corrected chi connectivity index (χ0v) is 8.70. The molecule has 2 aromatic carbocycles. The van der Waals surface area contributed by atoms with E-state index < -0.39 is 23.6 Å². The molecule has 0 aromatic heterocycles. The average Bonchev–Trinajstić information content (AvgIpc) is 2.32. The van der Waals surface area contributed by atoms with Gasteiger partial charge >= 0.3 is 0 Å². The van der Waals surface area contributed by atoms with Gasteiger partial charge in [0.05, 0.1) is 0 Å². The molecule has 0 saturated carbocycles. The van der Waals surface area contributed by atoms with Crippen molar-refractivity contribution >= 4 is 0 Å². The van der Waals surface area contributed by atoms with E-state index in [1.807, 2.05) is 0 Å². The van der Waals surface area contributed by atoms with Gasteiger partial charge in [0.15, 0.2) is 11.6 Å². The fourth-order valence-corrected chi connectivity index (χ4v) is 1.60. The number of aliphatic hydroxyl groups excluding tert-OH is 1. The monoisotopic (exact) mass is 238 g/mol. The molecule has 2 aromatic rings. The third-order valence-electron chi connectivity index (χ3n) is 2.48. The van der Waals surface area contributed by atoms with E-state index in [9.17, 15) is 18.3 Å². The van der Waals surface area contributed by atoms with Crippen molar-refractivity contribution in [1.29, 1.82) is 0 Å². The molecule has 0 spiro atoms. The van der Waals surface area contributed by atoms with Gasteiger partial charge in [0.25, 0.3) is 0 Å². The van der Waals surface area contributed by atoms with Crippen LogP contribution in [0, 0.1) is 17.5 Å². The van der Waals surface area contributed by atoms with Crippen LogP contribution < -0.4 is 0 Å². The van der Waals surface area contributed by atoms with E-state index in [1.165, 1.54) is 30.3 Å². The van der Waals surface area contributed by atoms with Crippen LogP contribution in [0.4, 0.5) is 13.2 Å². The second kappa shape index (κ2) is 4.59. The molecule has 1 N–H and O–H groups in total. The Morgan fingerprint density at radius 3 is 2.06 bits per heavy atom. The molecule has 17 heavy (non-hydrogen) atoms. The smallest absolute Gasteiger partial charge is 0.164 e. The Hall–Kier alpha value is -1.81. The van der Waals surface area contributed by atoms with E-state index in [1.54, 1.807) is 0 Å². The summed E-state index contributed by atoms with van der Waals surface area (Å²) in [5.74, 6) is -2.90. The normalized spacial score (nSPS) is 12.5. The lowest BCUT2D eigenvalue weighted by Crippen LogP contribution is -2.06. The lowest BCUT2D eigenvalue weighted by atomic mass is 10.0. The van der Waals surface area contributed by atoms with Crippen LogP contribution in [-0.2, 0) is 0 Å². The molecule has 1 unspecified atom stereocenters. The third kappa shape index (κ3) is 2.17. The first-order chi connectivity index (χ1) is 8.11. The second-order valence-electron chi connectivity index (χ2n) is 3.57. The van der Waals surface area contributed by atoms with Crippen LogP contribution in [0.2, 0.25) is 0 Å². The highest BCUT2D eigenvalue weighted by Crippen LogP contribution is 2.26. The van der Waals surface area contributed by atoms with Crippen LogP contribution in [0.1, 0.15) is 17.2 Å². The zero-order valence-electron chi connectivity index (χ0n) is 8.70. The molecule has 0 amide bonds. The Labute approximate surface area is 96.1 Å². The van der Waals surface area contributed by atoms with Gasteiger partial charge in [-0.05, 0) is 12.1 Å². The van der Waals surface area contributed by atoms with Crippen molar-refractivity contribution in [1.82, 2.24) is 0 Å². The highest BCUT2D eigenvalue weighted by Gasteiger charge is 2.19. The fourth-order valence-electron chi connectivity index (χ4n) is 1.60. The number of halogens is 3. The summed E-state index contributed by atoms with van der Waals surface area (Å²) in [6, 6.07) is 8.85. The quantitative estimate of drug-likeness (QED) is 0.851. The van der Waals surface area contributed by atoms with Gasteiger partial charge in [0.1, 0.15) is 11.9 Å². The summed E-state index contributed by atoms with van der Waals surface area (Å²) in [6.07, 6.45) is -1.52. The van der Waals surface area contributed by atoms with Crippen LogP contribution in [0.15, 0.2) is 42.5 Å². The molecule has 88 valence electrons. The van der Waals surface area contributed by atoms with Crippen molar-refractivity contribution in [3.05, 3.63) is 71.0 Å². The molecule has 0 aliphatic carbocycles. The van der Waals surface area contributed by atoms with E-state index in [4.69, 9.17) is 0 Å². The fraction of sp³-hybridized carbons (Fsp3) is 0.0769. The van der Waals surface area contributed by atoms with E-state index >= 15 is 0 Å². The van der Waals surface area contributed by atoms with E-state index in [0.717, 1.165) is 12.1 Å². The molecule has 0 aliphatic heterocycles. The number of hydrogen-bond acceptors (Lipinski definition) is 1. The van der Waals surface area contributed by atoms with Crippen LogP contribution in [0.25, 0.3) is 0 Å². The predicted octanol–water partition coefficient (Wildman–Crippen LogP) is 3.19. The van der Waals surface area contributed by atoms with Gasteiger partial charge in [0.2, 0.25) is 0 Å². The number of rotatable bonds is 2. The second-order valence-corrected chi connectivity index (χ2v) is 3.57. The van der Waals surface area contributed by atoms with Crippen molar-refractivity contribution in [2.24, 2.45) is 0 Å². The maximum atomic E-state index is 13.4. The summed E-state index contributed by atoms with van der Waals surface area (Å²) < 4.78 is 39.8. The summed E-state index contributed by atoms with van der Waals surface area (Å²) in [7, 11) is 0. The van der Waals surface area contributed by atoms with Gasteiger partial charge in [-0.1, -0.05) is 30.3 Å². The minimum absolute atomic E-state index is 0.0861. The Bertz CT molecular complexity index is 540. The molecule has 4 heteroatoms. The van der Waals surface area contributed by atoms with Gasteiger partial charge < -0.3 is 5.11 Å². The maximum Gasteiger partial charge on any atom is 0.164 e. The summed E-state index contributed by atoms with van der Waals surface area (Å²) >= 11 is 0. The summed E-state index contributed by atoms with van der Waals surface area (Å²) in [6.45, 7) is 0. The number of hydrogen-bond donors (Lipinski definition) is 1. The Morgan fingerprint density at radius 2 is 1.35 bits per heavy atom. The SMILES string of the molecule is OC(c1ccccc1F)c1cccc(F)c1F. The van der Waals surface area contributed by atoms with Crippen molar-refractivity contribution in [3.8, 4) is 0 Å². The van der Waals surface area contributed by atoms with Crippen molar-refractivity contribution in [3.63, 3.8) is 0 Å². The molecular weight excluding hydrogens is 229 g/mol. The Kier molecular flexibility index (Phi) is 3.15. The van der Waals surface area contributed by atoms with E-state index in [0.29, 0.717) is 0 Å². The van der Waals surface area contributed by atoms with Crippen molar-refractivity contribution in [2.45, 2.75) is 6.10 Å². The van der Waals surface area contributed by atoms with Gasteiger partial charge in [-0.15, -0.1) is 0 Å². The van der Waals surface area contributed by atoms with Crippen molar-refractivity contribution in [2.75, 3.05) is 0 Å². The Morgan fingerprint density at radius 1 is 0.765 bits per heavy atom. The molecule has 1 nitrogen and oxygen atoms in total. The first-order valence-electron chi connectivity index (χ1n) is 4.97. The maximum absolute atomic E-state index is 13.4. The molecule has 0 fully saturated rings. The standard InChI is InChI=1S/C13H9F3O/c14-10-6-2-1-4-8(10)13(17)9-5-3-7-11(15)12(9)16/h1-7,13,17H. The average molecular weight is 238 g/mol. The third-order valence-corrected chi connectivity index (χ3v) is 2.48. The number of benzene rings is 2. The minimum Gasteiger partial charge on any atom is -0.383 e. The van der Waals surface area contributed by atoms with Gasteiger partial charge in [0, 0.05) is 11.1 Å². The predicted molar refractivity (Wildman–Crippen MR) is 56.8 cm³/mol. The van der Waals surface area contributed by atoms with Gasteiger partial charge in [-0.25, -0.2) is 13.2 Å². The summed E-state index contributed by atoms with van der Waals surface area (Å²) in [5.41, 5.74) is -0.368. The first-order valence-corrected chi connectivity index (χ1v) is 4.97. The molecule has 0 heterocycles. The molecule has 0 bridgehead atoms. The molecule has 1 atom stereocenters. The molecule has 0 saturated heterocycles. The van der Waals surface area contributed by atoms with Crippen LogP contribution in [0.3, 0.4) is 0 Å². The lowest BCUT2D eigenvalue weighted by molar-refractivity contribution is 0.208. The highest BCUT2D eigenvalue weighted by molar-refractivity contribution is 5.32. The van der Waals surface area contributed by atoms with E-state index in [2.05, 4.69) is 0 Å². The summed E-state index contributed by atoms with van der Waals surface area (Å²) in [4.78, 5) is 0. The largest absolute Gasteiger partial charge is 0.383 e. The molecule has 0 radical (unpaired) electrons. The molecular formula is C13H9F3O. The minimum atomic E-state index is -1.52. The van der Waals surface area contributed by atoms with Crippen molar-refractivity contribution < 1.29 is 18.3 Å².